The highest BCUT2D eigenvalue weighted by molar-refractivity contribution is 6.69. The normalized spacial score (nSPS) is 22.5. The monoisotopic (exact) mass is 672 g/mol. The van der Waals surface area contributed by atoms with E-state index in [0.717, 1.165) is 27.7 Å². The Bertz CT molecular complexity index is 1620. The average Bonchev–Trinajstić information content (AvgIpc) is 3.03. The van der Waals surface area contributed by atoms with Crippen molar-refractivity contribution in [3.05, 3.63) is 72.3 Å². The van der Waals surface area contributed by atoms with Gasteiger partial charge in [-0.15, -0.1) is 0 Å². The molecule has 49 heavy (non-hydrogen) atoms. The summed E-state index contributed by atoms with van der Waals surface area (Å²) >= 11 is 0. The molecule has 2 N–H and O–H groups in total. The Labute approximate surface area is 289 Å². The topological polar surface area (TPSA) is 121 Å². The Morgan fingerprint density at radius 2 is 1.20 bits per heavy atom. The van der Waals surface area contributed by atoms with Gasteiger partial charge in [0.05, 0.1) is 22.9 Å². The highest BCUT2D eigenvalue weighted by Gasteiger charge is 2.56. The Hall–Kier alpha value is -4.09. The number of benzene rings is 3. The fraction of sp³-hybridized carbons (Fsp3) is 0.500. The number of rotatable bonds is 8. The molecule has 5 rings (SSSR count). The van der Waals surface area contributed by atoms with E-state index >= 15 is 0 Å². The van der Waals surface area contributed by atoms with Crippen LogP contribution in [0.1, 0.15) is 67.9 Å². The van der Waals surface area contributed by atoms with E-state index < -0.39 is 71.6 Å². The number of carbonyl (C=O) groups is 3. The third kappa shape index (κ3) is 8.39. The Balaban J connectivity index is 1.60. The van der Waals surface area contributed by atoms with Gasteiger partial charge >= 0.3 is 24.9 Å². The van der Waals surface area contributed by atoms with Gasteiger partial charge < -0.3 is 34.1 Å². The van der Waals surface area contributed by atoms with E-state index in [0.29, 0.717) is 0 Å². The van der Waals surface area contributed by atoms with Gasteiger partial charge in [-0.3, -0.25) is 14.4 Å². The molecule has 2 aliphatic rings. The summed E-state index contributed by atoms with van der Waals surface area (Å²) in [6.45, 7) is 15.1. The first-order valence-electron chi connectivity index (χ1n) is 16.9. The van der Waals surface area contributed by atoms with Crippen molar-refractivity contribution in [2.24, 2.45) is 16.2 Å². The summed E-state index contributed by atoms with van der Waals surface area (Å²) < 4.78 is 31.8. The molecule has 0 aliphatic carbocycles. The van der Waals surface area contributed by atoms with Crippen LogP contribution in [0, 0.1) is 16.2 Å². The van der Waals surface area contributed by atoms with Crippen LogP contribution in [0.5, 0.6) is 0 Å². The van der Waals surface area contributed by atoms with Gasteiger partial charge in [-0.25, -0.2) is 0 Å². The highest BCUT2D eigenvalue weighted by Crippen LogP contribution is 2.39. The van der Waals surface area contributed by atoms with E-state index in [1.54, 1.807) is 62.3 Å². The molecule has 1 saturated heterocycles. The average molecular weight is 673 g/mol. The maximum absolute atomic E-state index is 13.7. The molecule has 3 aromatic carbocycles. The molecule has 2 heterocycles. The molecule has 0 radical (unpaired) electrons. The summed E-state index contributed by atoms with van der Waals surface area (Å²) in [6, 6.07) is 20.8. The van der Waals surface area contributed by atoms with Gasteiger partial charge in [0.2, 0.25) is 0 Å². The van der Waals surface area contributed by atoms with Gasteiger partial charge in [0, 0.05) is 16.8 Å². The minimum absolute atomic E-state index is 0.164. The van der Waals surface area contributed by atoms with E-state index in [9.17, 15) is 14.4 Å². The van der Waals surface area contributed by atoms with Crippen LogP contribution in [0.4, 0.5) is 11.4 Å². The third-order valence-electron chi connectivity index (χ3n) is 8.51. The SMILES string of the molecule is CC(C)(C)C(=O)OC[C@H]1O[C@@H](B2Nc3cccc4cccc(c34)N2)[C@H](OCc2ccccc2)[C@@H](OC(=O)C(C)(C)C)[C@@H]1OC(=O)C(C)(C)C. The van der Waals surface area contributed by atoms with Gasteiger partial charge in [-0.1, -0.05) is 54.6 Å². The number of esters is 3. The van der Waals surface area contributed by atoms with Crippen LogP contribution in [0.15, 0.2) is 66.7 Å². The van der Waals surface area contributed by atoms with Crippen molar-refractivity contribution >= 4 is 47.0 Å². The minimum atomic E-state index is -1.16. The molecule has 3 aromatic rings. The summed E-state index contributed by atoms with van der Waals surface area (Å²) in [5.41, 5.74) is 0.105. The molecule has 0 bridgehead atoms. The summed E-state index contributed by atoms with van der Waals surface area (Å²) in [5, 5.41) is 9.25. The van der Waals surface area contributed by atoms with Crippen molar-refractivity contribution in [1.82, 2.24) is 0 Å². The molecule has 0 unspecified atom stereocenters. The molecule has 0 aromatic heterocycles. The second kappa shape index (κ2) is 14.0. The zero-order valence-corrected chi connectivity index (χ0v) is 30.0. The van der Waals surface area contributed by atoms with E-state index in [2.05, 4.69) is 10.5 Å². The van der Waals surface area contributed by atoms with Crippen LogP contribution < -0.4 is 10.5 Å². The maximum atomic E-state index is 13.7. The van der Waals surface area contributed by atoms with Gasteiger partial charge in [-0.2, -0.15) is 0 Å². The summed E-state index contributed by atoms with van der Waals surface area (Å²) in [4.78, 5) is 40.2. The molecule has 11 heteroatoms. The predicted molar refractivity (Wildman–Crippen MR) is 190 cm³/mol. The number of hydrogen-bond acceptors (Lipinski definition) is 10. The van der Waals surface area contributed by atoms with Crippen LogP contribution in [0.2, 0.25) is 0 Å². The number of carbonyl (C=O) groups excluding carboxylic acids is 3. The molecule has 5 atom stereocenters. The van der Waals surface area contributed by atoms with Gasteiger partial charge in [-0.05, 0) is 85.4 Å². The van der Waals surface area contributed by atoms with E-state index in [1.807, 2.05) is 66.7 Å². The lowest BCUT2D eigenvalue weighted by atomic mass is 9.62. The largest absolute Gasteiger partial charge is 0.462 e. The molecule has 0 spiro atoms. The van der Waals surface area contributed by atoms with Crippen molar-refractivity contribution < 1.29 is 38.1 Å². The van der Waals surface area contributed by atoms with Crippen molar-refractivity contribution in [2.75, 3.05) is 17.1 Å². The lowest BCUT2D eigenvalue weighted by molar-refractivity contribution is -0.250. The molecule has 2 aliphatic heterocycles. The van der Waals surface area contributed by atoms with Crippen molar-refractivity contribution in [3.8, 4) is 0 Å². The third-order valence-corrected chi connectivity index (χ3v) is 8.51. The number of hydrogen-bond donors (Lipinski definition) is 2. The summed E-state index contributed by atoms with van der Waals surface area (Å²) in [5.74, 6) is -1.48. The minimum Gasteiger partial charge on any atom is -0.462 e. The van der Waals surface area contributed by atoms with Crippen LogP contribution in [0.3, 0.4) is 0 Å². The molecule has 10 nitrogen and oxygen atoms in total. The predicted octanol–water partition coefficient (Wildman–Crippen LogP) is 6.56. The zero-order valence-electron chi connectivity index (χ0n) is 30.0. The van der Waals surface area contributed by atoms with Crippen molar-refractivity contribution in [3.63, 3.8) is 0 Å². The first-order chi connectivity index (χ1) is 22.9. The van der Waals surface area contributed by atoms with E-state index in [-0.39, 0.29) is 13.2 Å². The maximum Gasteiger partial charge on any atom is 0.403 e. The van der Waals surface area contributed by atoms with Crippen LogP contribution in [0.25, 0.3) is 10.8 Å². The van der Waals surface area contributed by atoms with Crippen LogP contribution in [-0.4, -0.2) is 61.9 Å². The Kier molecular flexibility index (Phi) is 10.4. The van der Waals surface area contributed by atoms with E-state index in [4.69, 9.17) is 23.7 Å². The fourth-order valence-electron chi connectivity index (χ4n) is 5.67. The summed E-state index contributed by atoms with van der Waals surface area (Å²) in [6.07, 6.45) is -4.24. The number of ether oxygens (including phenoxy) is 5. The molecule has 262 valence electrons. The quantitative estimate of drug-likeness (QED) is 0.155. The fourth-order valence-corrected chi connectivity index (χ4v) is 5.67. The van der Waals surface area contributed by atoms with Crippen molar-refractivity contribution in [1.29, 1.82) is 0 Å². The second-order valence-electron chi connectivity index (χ2n) is 16.0. The first-order valence-corrected chi connectivity index (χ1v) is 16.9. The molecular formula is C38H49BN2O8. The smallest absolute Gasteiger partial charge is 0.403 e. The lowest BCUT2D eigenvalue weighted by Crippen LogP contribution is -2.68. The zero-order chi connectivity index (χ0) is 35.7. The van der Waals surface area contributed by atoms with Gasteiger partial charge in [0.1, 0.15) is 24.8 Å². The molecule has 1 fully saturated rings. The van der Waals surface area contributed by atoms with E-state index in [1.165, 1.54) is 0 Å². The first kappa shape index (κ1) is 36.2. The van der Waals surface area contributed by atoms with Gasteiger partial charge in [0.15, 0.2) is 12.2 Å². The lowest BCUT2D eigenvalue weighted by Gasteiger charge is -2.48. The Morgan fingerprint density at radius 3 is 1.73 bits per heavy atom. The molecule has 0 amide bonds. The molecule has 0 saturated carbocycles. The number of anilines is 2. The van der Waals surface area contributed by atoms with Crippen LogP contribution in [-0.2, 0) is 44.7 Å². The van der Waals surface area contributed by atoms with Crippen molar-refractivity contribution in [2.45, 2.75) is 99.3 Å². The van der Waals surface area contributed by atoms with Crippen LogP contribution >= 0.6 is 0 Å². The molecular weight excluding hydrogens is 623 g/mol. The second-order valence-corrected chi connectivity index (χ2v) is 16.0. The highest BCUT2D eigenvalue weighted by atomic mass is 16.6. The standard InChI is InChI=1S/C38H49BN2O8/c1-36(2,3)33(42)46-22-27-29(48-34(43)37(4,5)6)30(49-35(44)38(7,8)9)31(45-21-23-15-11-10-12-16-23)32(47-27)39-40-25-19-13-17-24-18-14-20-26(41-39)28(24)25/h10-20,27,29-32,40-41H,21-22H2,1-9H3/t27-,29-,30+,31-,32-/m1/s1. The number of nitrogens with one attached hydrogen (secondary N) is 2. The Morgan fingerprint density at radius 1 is 0.673 bits per heavy atom. The summed E-state index contributed by atoms with van der Waals surface area (Å²) in [7, 11) is 0. The van der Waals surface area contributed by atoms with Gasteiger partial charge in [0.25, 0.3) is 0 Å².